The van der Waals surface area contributed by atoms with Crippen molar-refractivity contribution in [2.75, 3.05) is 32.7 Å². The fourth-order valence-electron chi connectivity index (χ4n) is 4.68. The van der Waals surface area contributed by atoms with Gasteiger partial charge in [-0.2, -0.15) is 0 Å². The van der Waals surface area contributed by atoms with Gasteiger partial charge in [0.1, 0.15) is 0 Å². The smallest absolute Gasteiger partial charge is 0.239 e. The van der Waals surface area contributed by atoms with Crippen LogP contribution in [0.25, 0.3) is 6.08 Å². The van der Waals surface area contributed by atoms with E-state index in [9.17, 15) is 9.59 Å². The number of benzene rings is 1. The van der Waals surface area contributed by atoms with Crippen LogP contribution in [-0.2, 0) is 9.59 Å². The van der Waals surface area contributed by atoms with Crippen LogP contribution >= 0.6 is 0 Å². The van der Waals surface area contributed by atoms with Crippen molar-refractivity contribution < 1.29 is 9.59 Å². The van der Waals surface area contributed by atoms with Gasteiger partial charge in [-0.1, -0.05) is 42.5 Å². The number of piperidine rings is 1. The third kappa shape index (κ3) is 4.08. The molecule has 3 heterocycles. The van der Waals surface area contributed by atoms with Crippen LogP contribution in [0.4, 0.5) is 0 Å². The van der Waals surface area contributed by atoms with Crippen LogP contribution in [0, 0.1) is 5.41 Å². The van der Waals surface area contributed by atoms with Gasteiger partial charge in [-0.05, 0) is 37.8 Å². The second-order valence-electron chi connectivity index (χ2n) is 8.24. The van der Waals surface area contributed by atoms with E-state index in [2.05, 4.69) is 29.6 Å². The molecule has 3 aliphatic heterocycles. The van der Waals surface area contributed by atoms with Gasteiger partial charge in [0.05, 0.1) is 6.04 Å². The maximum Gasteiger partial charge on any atom is 0.239 e. The summed E-state index contributed by atoms with van der Waals surface area (Å²) in [6.07, 6.45) is 8.72. The lowest BCUT2D eigenvalue weighted by molar-refractivity contribution is -0.135. The first kappa shape index (κ1) is 18.2. The Morgan fingerprint density at radius 2 is 2.00 bits per heavy atom. The maximum atomic E-state index is 12.6. The number of hydrogen-bond acceptors (Lipinski definition) is 3. The Morgan fingerprint density at radius 3 is 2.70 bits per heavy atom. The highest BCUT2D eigenvalue weighted by molar-refractivity contribution is 5.83. The SMILES string of the molecule is O=C1CC2(CCN(C(=O)[C@H]3CCCN3)CC2)CN1CC=Cc1ccccc1. The Labute approximate surface area is 161 Å². The number of carbonyl (C=O) groups excluding carboxylic acids is 2. The van der Waals surface area contributed by atoms with Gasteiger partial charge in [0, 0.05) is 38.0 Å². The molecule has 0 saturated carbocycles. The van der Waals surface area contributed by atoms with Crippen LogP contribution in [-0.4, -0.2) is 60.4 Å². The van der Waals surface area contributed by atoms with Crippen LogP contribution in [0.15, 0.2) is 36.4 Å². The molecular weight excluding hydrogens is 338 g/mol. The molecule has 0 bridgehead atoms. The standard InChI is InChI=1S/C22H29N3O2/c26-20-16-22(17-25(20)13-5-8-18-6-2-1-3-7-18)10-14-24(15-11-22)21(27)19-9-4-12-23-19/h1-3,5-8,19,23H,4,9-17H2/t19-/m1/s1. The molecule has 3 aliphatic rings. The van der Waals surface area contributed by atoms with Gasteiger partial charge >= 0.3 is 0 Å². The molecule has 1 atom stereocenters. The molecule has 2 amide bonds. The number of amides is 2. The van der Waals surface area contributed by atoms with Crippen LogP contribution < -0.4 is 5.32 Å². The van der Waals surface area contributed by atoms with Crippen molar-refractivity contribution in [2.45, 2.75) is 38.1 Å². The van der Waals surface area contributed by atoms with Crippen molar-refractivity contribution in [3.05, 3.63) is 42.0 Å². The minimum atomic E-state index is 0.0175. The molecule has 0 radical (unpaired) electrons. The number of likely N-dealkylation sites (tertiary alicyclic amines) is 2. The lowest BCUT2D eigenvalue weighted by atomic mass is 9.77. The van der Waals surface area contributed by atoms with Gasteiger partial charge in [-0.3, -0.25) is 9.59 Å². The second kappa shape index (κ2) is 7.85. The minimum Gasteiger partial charge on any atom is -0.341 e. The first-order chi connectivity index (χ1) is 13.2. The molecule has 144 valence electrons. The Hall–Kier alpha value is -2.14. The molecule has 5 heteroatoms. The highest BCUT2D eigenvalue weighted by atomic mass is 16.2. The molecule has 1 N–H and O–H groups in total. The quantitative estimate of drug-likeness (QED) is 0.888. The van der Waals surface area contributed by atoms with E-state index < -0.39 is 0 Å². The van der Waals surface area contributed by atoms with E-state index in [1.165, 1.54) is 0 Å². The van der Waals surface area contributed by atoms with Crippen LogP contribution in [0.2, 0.25) is 0 Å². The van der Waals surface area contributed by atoms with E-state index in [0.29, 0.717) is 13.0 Å². The van der Waals surface area contributed by atoms with E-state index in [0.717, 1.165) is 57.4 Å². The number of carbonyl (C=O) groups is 2. The van der Waals surface area contributed by atoms with E-state index in [-0.39, 0.29) is 23.3 Å². The molecule has 1 aromatic rings. The molecule has 4 rings (SSSR count). The fourth-order valence-corrected chi connectivity index (χ4v) is 4.68. The van der Waals surface area contributed by atoms with E-state index in [1.54, 1.807) is 0 Å². The van der Waals surface area contributed by atoms with E-state index in [4.69, 9.17) is 0 Å². The summed E-state index contributed by atoms with van der Waals surface area (Å²) in [5.74, 6) is 0.513. The van der Waals surface area contributed by atoms with Crippen molar-refractivity contribution in [1.29, 1.82) is 0 Å². The third-order valence-corrected chi connectivity index (χ3v) is 6.34. The first-order valence-electron chi connectivity index (χ1n) is 10.2. The molecule has 1 aromatic carbocycles. The van der Waals surface area contributed by atoms with Gasteiger partial charge in [0.15, 0.2) is 0 Å². The monoisotopic (exact) mass is 367 g/mol. The predicted octanol–water partition coefficient (Wildman–Crippen LogP) is 2.29. The Bertz CT molecular complexity index is 702. The van der Waals surface area contributed by atoms with Crippen LogP contribution in [0.1, 0.15) is 37.7 Å². The number of rotatable bonds is 4. The normalized spacial score (nSPS) is 25.0. The Morgan fingerprint density at radius 1 is 1.22 bits per heavy atom. The molecule has 1 spiro atoms. The van der Waals surface area contributed by atoms with Crippen molar-refractivity contribution in [2.24, 2.45) is 5.41 Å². The lowest BCUT2D eigenvalue weighted by Gasteiger charge is -2.39. The summed E-state index contributed by atoms with van der Waals surface area (Å²) >= 11 is 0. The van der Waals surface area contributed by atoms with Crippen LogP contribution in [0.3, 0.4) is 0 Å². The molecule has 3 saturated heterocycles. The average Bonchev–Trinajstić information content (AvgIpc) is 3.32. The van der Waals surface area contributed by atoms with Crippen molar-refractivity contribution >= 4 is 17.9 Å². The zero-order chi connectivity index (χ0) is 18.7. The third-order valence-electron chi connectivity index (χ3n) is 6.34. The maximum absolute atomic E-state index is 12.6. The van der Waals surface area contributed by atoms with E-state index >= 15 is 0 Å². The Balaban J connectivity index is 1.30. The molecule has 5 nitrogen and oxygen atoms in total. The first-order valence-corrected chi connectivity index (χ1v) is 10.2. The molecule has 0 unspecified atom stereocenters. The van der Waals surface area contributed by atoms with Crippen molar-refractivity contribution in [1.82, 2.24) is 15.1 Å². The van der Waals surface area contributed by atoms with Gasteiger partial charge in [-0.25, -0.2) is 0 Å². The summed E-state index contributed by atoms with van der Waals surface area (Å²) in [4.78, 5) is 29.1. The molecule has 0 aromatic heterocycles. The average molecular weight is 367 g/mol. The van der Waals surface area contributed by atoms with Gasteiger partial charge in [0.2, 0.25) is 11.8 Å². The summed E-state index contributed by atoms with van der Waals surface area (Å²) in [6, 6.07) is 10.2. The molecular formula is C22H29N3O2. The topological polar surface area (TPSA) is 52.7 Å². The van der Waals surface area contributed by atoms with E-state index in [1.807, 2.05) is 28.0 Å². The number of nitrogens with zero attached hydrogens (tertiary/aromatic N) is 2. The fraction of sp³-hybridized carbons (Fsp3) is 0.545. The molecule has 27 heavy (non-hydrogen) atoms. The van der Waals surface area contributed by atoms with Crippen molar-refractivity contribution in [3.63, 3.8) is 0 Å². The van der Waals surface area contributed by atoms with Crippen LogP contribution in [0.5, 0.6) is 0 Å². The summed E-state index contributed by atoms with van der Waals surface area (Å²) in [6.45, 7) is 4.03. The zero-order valence-electron chi connectivity index (χ0n) is 15.9. The summed E-state index contributed by atoms with van der Waals surface area (Å²) < 4.78 is 0. The molecule has 0 aliphatic carbocycles. The van der Waals surface area contributed by atoms with Crippen molar-refractivity contribution in [3.8, 4) is 0 Å². The number of hydrogen-bond donors (Lipinski definition) is 1. The van der Waals surface area contributed by atoms with Gasteiger partial charge in [-0.15, -0.1) is 0 Å². The van der Waals surface area contributed by atoms with Gasteiger partial charge in [0.25, 0.3) is 0 Å². The van der Waals surface area contributed by atoms with Gasteiger partial charge < -0.3 is 15.1 Å². The summed E-state index contributed by atoms with van der Waals surface area (Å²) in [7, 11) is 0. The number of nitrogens with one attached hydrogen (secondary N) is 1. The highest BCUT2D eigenvalue weighted by Gasteiger charge is 2.45. The lowest BCUT2D eigenvalue weighted by Crippen LogP contribution is -2.49. The zero-order valence-corrected chi connectivity index (χ0v) is 15.9. The Kier molecular flexibility index (Phi) is 5.30. The minimum absolute atomic E-state index is 0.0175. The molecule has 3 fully saturated rings. The largest absolute Gasteiger partial charge is 0.341 e. The summed E-state index contributed by atoms with van der Waals surface area (Å²) in [5.41, 5.74) is 1.23. The predicted molar refractivity (Wildman–Crippen MR) is 106 cm³/mol. The second-order valence-corrected chi connectivity index (χ2v) is 8.24. The summed E-state index contributed by atoms with van der Waals surface area (Å²) in [5, 5.41) is 3.30. The highest BCUT2D eigenvalue weighted by Crippen LogP contribution is 2.41.